The lowest BCUT2D eigenvalue weighted by Gasteiger charge is -2.10. The zero-order valence-corrected chi connectivity index (χ0v) is 26.7. The van der Waals surface area contributed by atoms with Gasteiger partial charge in [-0.2, -0.15) is 0 Å². The fourth-order valence-corrected chi connectivity index (χ4v) is 4.14. The van der Waals surface area contributed by atoms with Gasteiger partial charge in [-0.05, 0) is 99.2 Å². The quantitative estimate of drug-likeness (QED) is 0.0525. The fraction of sp³-hybridized carbons (Fsp3) is 0.278. The molecule has 0 aliphatic carbocycles. The van der Waals surface area contributed by atoms with Gasteiger partial charge in [-0.15, -0.1) is 0 Å². The van der Waals surface area contributed by atoms with Crippen molar-refractivity contribution in [3.63, 3.8) is 0 Å². The number of unbranched alkanes of at least 4 members (excludes halogenated alkanes) is 4. The number of esters is 4. The Morgan fingerprint density at radius 1 is 0.553 bits per heavy atom. The van der Waals surface area contributed by atoms with Crippen molar-refractivity contribution in [3.05, 3.63) is 108 Å². The molecule has 3 rings (SSSR count). The average Bonchev–Trinajstić information content (AvgIpc) is 3.08. The molecule has 0 heterocycles. The van der Waals surface area contributed by atoms with Crippen molar-refractivity contribution in [2.75, 3.05) is 26.4 Å². The molecule has 3 aromatic rings. The van der Waals surface area contributed by atoms with Crippen molar-refractivity contribution in [1.29, 1.82) is 0 Å². The first-order chi connectivity index (χ1) is 22.8. The number of halogens is 1. The van der Waals surface area contributed by atoms with Crippen LogP contribution in [0.2, 0.25) is 5.02 Å². The molecule has 0 fully saturated rings. The molecular formula is C36H37ClO10. The molecule has 0 N–H and O–H groups in total. The van der Waals surface area contributed by atoms with Crippen LogP contribution in [-0.2, 0) is 19.1 Å². The largest absolute Gasteiger partial charge is 0.494 e. The van der Waals surface area contributed by atoms with Gasteiger partial charge in [0.25, 0.3) is 0 Å². The number of carbonyl (C=O) groups excluding carboxylic acids is 4. The van der Waals surface area contributed by atoms with Gasteiger partial charge >= 0.3 is 23.9 Å². The Bertz CT molecular complexity index is 1500. The van der Waals surface area contributed by atoms with Crippen LogP contribution in [0.15, 0.2) is 92.0 Å². The molecule has 11 heteroatoms. The van der Waals surface area contributed by atoms with Crippen molar-refractivity contribution >= 4 is 35.5 Å². The average molecular weight is 665 g/mol. The Labute approximate surface area is 278 Å². The van der Waals surface area contributed by atoms with Gasteiger partial charge in [0.05, 0.1) is 42.6 Å². The summed E-state index contributed by atoms with van der Waals surface area (Å²) in [5, 5.41) is 0.0884. The molecule has 47 heavy (non-hydrogen) atoms. The maximum absolute atomic E-state index is 12.7. The van der Waals surface area contributed by atoms with Crippen LogP contribution in [0.4, 0.5) is 0 Å². The minimum absolute atomic E-state index is 0.0884. The van der Waals surface area contributed by atoms with E-state index in [4.69, 9.17) is 40.0 Å². The minimum atomic E-state index is -0.612. The zero-order chi connectivity index (χ0) is 33.9. The number of rotatable bonds is 20. The van der Waals surface area contributed by atoms with Crippen LogP contribution in [-0.4, -0.2) is 50.3 Å². The third kappa shape index (κ3) is 13.4. The number of ether oxygens (including phenoxy) is 6. The molecule has 0 atom stereocenters. The van der Waals surface area contributed by atoms with Crippen LogP contribution in [0.25, 0.3) is 0 Å². The highest BCUT2D eigenvalue weighted by molar-refractivity contribution is 6.32. The standard InChI is InChI=1S/C36H37ClO10/c1-3-33(38)44-23-8-6-5-7-21-42-28-17-13-27(14-18-28)36(41)47-32-20-19-30(25-31(32)37)46-35(40)26-11-15-29(16-12-26)43-22-9-10-24-45-34(39)4-2/h3-4,11-20,25H,1-2,5-10,21-24H2. The molecular weight excluding hydrogens is 628 g/mol. The maximum Gasteiger partial charge on any atom is 0.343 e. The summed E-state index contributed by atoms with van der Waals surface area (Å²) in [5.74, 6) is -0.602. The van der Waals surface area contributed by atoms with E-state index in [9.17, 15) is 19.2 Å². The molecule has 0 spiro atoms. The smallest absolute Gasteiger partial charge is 0.343 e. The molecule has 0 bridgehead atoms. The first-order valence-corrected chi connectivity index (χ1v) is 15.4. The summed E-state index contributed by atoms with van der Waals surface area (Å²) in [4.78, 5) is 47.3. The Kier molecular flexibility index (Phi) is 15.6. The van der Waals surface area contributed by atoms with E-state index in [1.165, 1.54) is 18.2 Å². The highest BCUT2D eigenvalue weighted by Gasteiger charge is 2.15. The molecule has 0 aliphatic heterocycles. The van der Waals surface area contributed by atoms with Crippen molar-refractivity contribution in [3.8, 4) is 23.0 Å². The Morgan fingerprint density at radius 2 is 0.979 bits per heavy atom. The summed E-state index contributed by atoms with van der Waals surface area (Å²) in [5.41, 5.74) is 0.607. The Balaban J connectivity index is 1.38. The highest BCUT2D eigenvalue weighted by Crippen LogP contribution is 2.30. The molecule has 0 amide bonds. The van der Waals surface area contributed by atoms with E-state index in [1.54, 1.807) is 48.5 Å². The van der Waals surface area contributed by atoms with Crippen LogP contribution >= 0.6 is 11.6 Å². The van der Waals surface area contributed by atoms with E-state index in [2.05, 4.69) is 13.2 Å². The molecule has 10 nitrogen and oxygen atoms in total. The summed E-state index contributed by atoms with van der Waals surface area (Å²) < 4.78 is 32.1. The lowest BCUT2D eigenvalue weighted by Crippen LogP contribution is -2.10. The van der Waals surface area contributed by atoms with E-state index in [-0.39, 0.29) is 16.5 Å². The molecule has 0 aromatic heterocycles. The SMILES string of the molecule is C=CC(=O)OCCCCCCOc1ccc(C(=O)Oc2ccc(OC(=O)c3ccc(OCCCCOC(=O)C=C)cc3)cc2Cl)cc1. The van der Waals surface area contributed by atoms with E-state index < -0.39 is 23.9 Å². The summed E-state index contributed by atoms with van der Waals surface area (Å²) in [6.45, 7) is 8.30. The van der Waals surface area contributed by atoms with Gasteiger partial charge in [-0.25, -0.2) is 19.2 Å². The van der Waals surface area contributed by atoms with Gasteiger partial charge in [-0.3, -0.25) is 0 Å². The minimum Gasteiger partial charge on any atom is -0.494 e. The lowest BCUT2D eigenvalue weighted by molar-refractivity contribution is -0.138. The first-order valence-electron chi connectivity index (χ1n) is 15.1. The summed E-state index contributed by atoms with van der Waals surface area (Å²) in [6, 6.07) is 17.3. The van der Waals surface area contributed by atoms with Crippen LogP contribution in [0, 0.1) is 0 Å². The van der Waals surface area contributed by atoms with Gasteiger partial charge in [0.15, 0.2) is 0 Å². The molecule has 0 unspecified atom stereocenters. The number of hydrogen-bond acceptors (Lipinski definition) is 10. The summed E-state index contributed by atoms with van der Waals surface area (Å²) in [7, 11) is 0. The van der Waals surface area contributed by atoms with Crippen LogP contribution in [0.5, 0.6) is 23.0 Å². The summed E-state index contributed by atoms with van der Waals surface area (Å²) in [6.07, 6.45) is 7.06. The maximum atomic E-state index is 12.7. The normalized spacial score (nSPS) is 10.3. The number of benzene rings is 3. The van der Waals surface area contributed by atoms with Gasteiger partial charge in [0, 0.05) is 18.2 Å². The van der Waals surface area contributed by atoms with Crippen LogP contribution in [0.1, 0.15) is 59.2 Å². The zero-order valence-electron chi connectivity index (χ0n) is 26.0. The third-order valence-electron chi connectivity index (χ3n) is 6.43. The second-order valence-corrected chi connectivity index (χ2v) is 10.4. The molecule has 0 saturated heterocycles. The van der Waals surface area contributed by atoms with E-state index >= 15 is 0 Å². The monoisotopic (exact) mass is 664 g/mol. The molecule has 248 valence electrons. The predicted octanol–water partition coefficient (Wildman–Crippen LogP) is 7.34. The lowest BCUT2D eigenvalue weighted by atomic mass is 10.2. The second kappa shape index (κ2) is 20.1. The highest BCUT2D eigenvalue weighted by atomic mass is 35.5. The summed E-state index contributed by atoms with van der Waals surface area (Å²) >= 11 is 6.31. The van der Waals surface area contributed by atoms with E-state index in [0.717, 1.165) is 37.8 Å². The van der Waals surface area contributed by atoms with Gasteiger partial charge < -0.3 is 28.4 Å². The van der Waals surface area contributed by atoms with Crippen LogP contribution in [0.3, 0.4) is 0 Å². The second-order valence-electron chi connectivity index (χ2n) is 9.98. The Hall–Kier alpha value is -5.09. The van der Waals surface area contributed by atoms with Crippen molar-refractivity contribution in [2.45, 2.75) is 38.5 Å². The molecule has 0 saturated carbocycles. The third-order valence-corrected chi connectivity index (χ3v) is 6.73. The molecule has 3 aromatic carbocycles. The van der Waals surface area contributed by atoms with E-state index in [0.29, 0.717) is 61.9 Å². The van der Waals surface area contributed by atoms with Gasteiger partial charge in [-0.1, -0.05) is 24.8 Å². The predicted molar refractivity (Wildman–Crippen MR) is 175 cm³/mol. The number of carbonyl (C=O) groups is 4. The van der Waals surface area contributed by atoms with Crippen molar-refractivity contribution in [2.24, 2.45) is 0 Å². The van der Waals surface area contributed by atoms with E-state index in [1.807, 2.05) is 0 Å². The van der Waals surface area contributed by atoms with Crippen molar-refractivity contribution < 1.29 is 47.6 Å². The van der Waals surface area contributed by atoms with Gasteiger partial charge in [0.2, 0.25) is 0 Å². The molecule has 0 aliphatic rings. The first kappa shape index (κ1) is 36.4. The number of hydrogen-bond donors (Lipinski definition) is 0. The Morgan fingerprint density at radius 3 is 1.47 bits per heavy atom. The van der Waals surface area contributed by atoms with Crippen molar-refractivity contribution in [1.82, 2.24) is 0 Å². The topological polar surface area (TPSA) is 124 Å². The van der Waals surface area contributed by atoms with Gasteiger partial charge in [0.1, 0.15) is 23.0 Å². The van der Waals surface area contributed by atoms with Crippen LogP contribution < -0.4 is 18.9 Å². The fourth-order valence-electron chi connectivity index (χ4n) is 3.93. The molecule has 0 radical (unpaired) electrons.